The lowest BCUT2D eigenvalue weighted by Crippen LogP contribution is -2.50. The van der Waals surface area contributed by atoms with Gasteiger partial charge in [-0.05, 0) is 50.4 Å². The number of amides is 2. The van der Waals surface area contributed by atoms with E-state index < -0.39 is 5.60 Å². The molecule has 104 valence electrons. The Hall–Kier alpha value is -0.770. The molecule has 0 aromatic heterocycles. The van der Waals surface area contributed by atoms with Crippen molar-refractivity contribution < 1.29 is 9.90 Å². The van der Waals surface area contributed by atoms with E-state index in [1.807, 2.05) is 13.8 Å². The van der Waals surface area contributed by atoms with Crippen LogP contribution in [-0.2, 0) is 0 Å². The summed E-state index contributed by atoms with van der Waals surface area (Å²) in [7, 11) is 0. The number of urea groups is 1. The second-order valence-corrected chi connectivity index (χ2v) is 6.54. The minimum absolute atomic E-state index is 0.125. The van der Waals surface area contributed by atoms with Crippen molar-refractivity contribution in [2.45, 2.75) is 58.1 Å². The SMILES string of the molecule is CC(C)C(C)(O)CNC(=O)NC(C1CC1)C1CC1. The van der Waals surface area contributed by atoms with Gasteiger partial charge in [-0.1, -0.05) is 13.8 Å². The highest BCUT2D eigenvalue weighted by atomic mass is 16.3. The highest BCUT2D eigenvalue weighted by Crippen LogP contribution is 2.44. The van der Waals surface area contributed by atoms with E-state index in [-0.39, 0.29) is 11.9 Å². The Morgan fingerprint density at radius 2 is 1.78 bits per heavy atom. The summed E-state index contributed by atoms with van der Waals surface area (Å²) in [6.07, 6.45) is 5.02. The fourth-order valence-electron chi connectivity index (χ4n) is 2.20. The molecule has 2 rings (SSSR count). The Bertz CT molecular complexity index is 295. The second-order valence-electron chi connectivity index (χ2n) is 6.54. The molecular weight excluding hydrogens is 228 g/mol. The number of hydrogen-bond donors (Lipinski definition) is 3. The predicted octanol–water partition coefficient (Wildman–Crippen LogP) is 1.88. The number of hydrogen-bond acceptors (Lipinski definition) is 2. The molecule has 1 atom stereocenters. The standard InChI is InChI=1S/C14H26N2O2/c1-9(2)14(3,18)8-15-13(17)16-12(10-4-5-10)11-6-7-11/h9-12,18H,4-8H2,1-3H3,(H2,15,16,17). The Labute approximate surface area is 110 Å². The lowest BCUT2D eigenvalue weighted by molar-refractivity contribution is 0.0165. The van der Waals surface area contributed by atoms with Crippen LogP contribution >= 0.6 is 0 Å². The summed E-state index contributed by atoms with van der Waals surface area (Å²) < 4.78 is 0. The van der Waals surface area contributed by atoms with Crippen molar-refractivity contribution in [3.8, 4) is 0 Å². The summed E-state index contributed by atoms with van der Waals surface area (Å²) in [5, 5.41) is 16.0. The van der Waals surface area contributed by atoms with Crippen molar-refractivity contribution >= 4 is 6.03 Å². The summed E-state index contributed by atoms with van der Waals surface area (Å²) in [6, 6.07) is 0.244. The zero-order valence-corrected chi connectivity index (χ0v) is 11.7. The van der Waals surface area contributed by atoms with Crippen LogP contribution in [0.1, 0.15) is 46.5 Å². The van der Waals surface area contributed by atoms with Gasteiger partial charge in [0, 0.05) is 12.6 Å². The third-order valence-corrected chi connectivity index (χ3v) is 4.41. The largest absolute Gasteiger partial charge is 0.388 e. The Morgan fingerprint density at radius 1 is 1.28 bits per heavy atom. The minimum Gasteiger partial charge on any atom is -0.388 e. The first-order valence-electron chi connectivity index (χ1n) is 7.17. The van der Waals surface area contributed by atoms with Gasteiger partial charge in [0.1, 0.15) is 0 Å². The van der Waals surface area contributed by atoms with E-state index >= 15 is 0 Å². The van der Waals surface area contributed by atoms with Crippen molar-refractivity contribution in [3.63, 3.8) is 0 Å². The molecule has 1 unspecified atom stereocenters. The predicted molar refractivity (Wildman–Crippen MR) is 71.2 cm³/mol. The van der Waals surface area contributed by atoms with Crippen LogP contribution in [0.25, 0.3) is 0 Å². The molecule has 4 nitrogen and oxygen atoms in total. The molecule has 2 fully saturated rings. The number of nitrogens with one attached hydrogen (secondary N) is 2. The number of carbonyl (C=O) groups excluding carboxylic acids is 1. The lowest BCUT2D eigenvalue weighted by Gasteiger charge is -2.28. The van der Waals surface area contributed by atoms with Crippen LogP contribution in [0.4, 0.5) is 4.79 Å². The van der Waals surface area contributed by atoms with E-state index in [4.69, 9.17) is 0 Å². The van der Waals surface area contributed by atoms with Gasteiger partial charge in [0.15, 0.2) is 0 Å². The molecule has 18 heavy (non-hydrogen) atoms. The first-order valence-corrected chi connectivity index (χ1v) is 7.17. The zero-order valence-electron chi connectivity index (χ0n) is 11.7. The average molecular weight is 254 g/mol. The van der Waals surface area contributed by atoms with Gasteiger partial charge in [0.05, 0.1) is 5.60 Å². The normalized spacial score (nSPS) is 23.0. The monoisotopic (exact) mass is 254 g/mol. The van der Waals surface area contributed by atoms with Crippen LogP contribution in [0.15, 0.2) is 0 Å². The zero-order chi connectivity index (χ0) is 13.3. The van der Waals surface area contributed by atoms with Crippen LogP contribution < -0.4 is 10.6 Å². The molecule has 2 aliphatic rings. The molecule has 0 aromatic rings. The lowest BCUT2D eigenvalue weighted by atomic mass is 9.93. The van der Waals surface area contributed by atoms with Crippen molar-refractivity contribution in [2.24, 2.45) is 17.8 Å². The molecule has 0 heterocycles. The summed E-state index contributed by atoms with van der Waals surface area (Å²) in [6.45, 7) is 5.98. The van der Waals surface area contributed by atoms with Gasteiger partial charge in [0.2, 0.25) is 0 Å². The molecular formula is C14H26N2O2. The first-order chi connectivity index (χ1) is 8.40. The van der Waals surface area contributed by atoms with Crippen LogP contribution in [0.3, 0.4) is 0 Å². The molecule has 0 radical (unpaired) electrons. The van der Waals surface area contributed by atoms with Crippen LogP contribution in [-0.4, -0.2) is 29.3 Å². The quantitative estimate of drug-likeness (QED) is 0.678. The van der Waals surface area contributed by atoms with Gasteiger partial charge in [-0.2, -0.15) is 0 Å². The maximum atomic E-state index is 11.9. The van der Waals surface area contributed by atoms with E-state index in [0.29, 0.717) is 24.4 Å². The van der Waals surface area contributed by atoms with Crippen molar-refractivity contribution in [1.82, 2.24) is 10.6 Å². The average Bonchev–Trinajstić information content (AvgIpc) is 3.16. The Balaban J connectivity index is 1.74. The summed E-state index contributed by atoms with van der Waals surface area (Å²) in [5.41, 5.74) is -0.841. The van der Waals surface area contributed by atoms with Gasteiger partial charge in [-0.15, -0.1) is 0 Å². The van der Waals surface area contributed by atoms with Gasteiger partial charge in [-0.3, -0.25) is 0 Å². The molecule has 3 N–H and O–H groups in total. The number of aliphatic hydroxyl groups is 1. The summed E-state index contributed by atoms with van der Waals surface area (Å²) >= 11 is 0. The van der Waals surface area contributed by atoms with Gasteiger partial charge in [0.25, 0.3) is 0 Å². The smallest absolute Gasteiger partial charge is 0.315 e. The molecule has 2 amide bonds. The van der Waals surface area contributed by atoms with E-state index in [0.717, 1.165) is 0 Å². The molecule has 2 aliphatic carbocycles. The van der Waals surface area contributed by atoms with Crippen LogP contribution in [0.2, 0.25) is 0 Å². The minimum atomic E-state index is -0.841. The highest BCUT2D eigenvalue weighted by molar-refractivity contribution is 5.74. The van der Waals surface area contributed by atoms with Crippen LogP contribution in [0, 0.1) is 17.8 Å². The molecule has 0 bridgehead atoms. The van der Waals surface area contributed by atoms with Gasteiger partial charge in [-0.25, -0.2) is 4.79 Å². The molecule has 0 spiro atoms. The third kappa shape index (κ3) is 3.61. The maximum absolute atomic E-state index is 11.9. The van der Waals surface area contributed by atoms with Crippen molar-refractivity contribution in [2.75, 3.05) is 6.54 Å². The van der Waals surface area contributed by atoms with Crippen molar-refractivity contribution in [3.05, 3.63) is 0 Å². The summed E-state index contributed by atoms with van der Waals surface area (Å²) in [4.78, 5) is 11.9. The fourth-order valence-corrected chi connectivity index (χ4v) is 2.20. The second kappa shape index (κ2) is 5.08. The van der Waals surface area contributed by atoms with Gasteiger partial charge >= 0.3 is 6.03 Å². The van der Waals surface area contributed by atoms with E-state index in [1.165, 1.54) is 25.7 Å². The number of carbonyl (C=O) groups is 1. The summed E-state index contributed by atoms with van der Waals surface area (Å²) in [5.74, 6) is 1.53. The molecule has 0 aliphatic heterocycles. The topological polar surface area (TPSA) is 61.4 Å². The van der Waals surface area contributed by atoms with Crippen molar-refractivity contribution in [1.29, 1.82) is 0 Å². The van der Waals surface area contributed by atoms with Crippen LogP contribution in [0.5, 0.6) is 0 Å². The molecule has 2 saturated carbocycles. The Kier molecular flexibility index (Phi) is 3.85. The highest BCUT2D eigenvalue weighted by Gasteiger charge is 2.42. The van der Waals surface area contributed by atoms with E-state index in [2.05, 4.69) is 10.6 Å². The molecule has 4 heteroatoms. The fraction of sp³-hybridized carbons (Fsp3) is 0.929. The maximum Gasteiger partial charge on any atom is 0.315 e. The molecule has 0 aromatic carbocycles. The van der Waals surface area contributed by atoms with E-state index in [9.17, 15) is 9.90 Å². The first kappa shape index (κ1) is 13.7. The third-order valence-electron chi connectivity index (χ3n) is 4.41. The Morgan fingerprint density at radius 3 is 2.17 bits per heavy atom. The van der Waals surface area contributed by atoms with E-state index in [1.54, 1.807) is 6.92 Å². The molecule has 0 saturated heterocycles. The number of rotatable bonds is 6. The van der Waals surface area contributed by atoms with Gasteiger partial charge < -0.3 is 15.7 Å².